The molecule has 0 unspecified atom stereocenters. The Bertz CT molecular complexity index is 1160. The number of hydrogen-bond donors (Lipinski definition) is 2. The number of benzene rings is 2. The van der Waals surface area contributed by atoms with E-state index >= 15 is 0 Å². The fraction of sp³-hybridized carbons (Fsp3) is 0.105. The lowest BCUT2D eigenvalue weighted by molar-refractivity contribution is 0.340. The van der Waals surface area contributed by atoms with Gasteiger partial charge in [-0.25, -0.2) is 16.8 Å². The van der Waals surface area contributed by atoms with E-state index in [-0.39, 0.29) is 15.5 Å². The maximum Gasteiger partial charge on any atom is 0.261 e. The number of nitrogens with one attached hydrogen (secondary N) is 2. The summed E-state index contributed by atoms with van der Waals surface area (Å²) in [5, 5.41) is 0. The van der Waals surface area contributed by atoms with Crippen LogP contribution in [-0.2, 0) is 20.0 Å². The molecule has 0 aliphatic carbocycles. The first-order chi connectivity index (χ1) is 13.8. The van der Waals surface area contributed by atoms with Gasteiger partial charge in [0, 0.05) is 11.9 Å². The van der Waals surface area contributed by atoms with Crippen molar-refractivity contribution in [3.8, 4) is 5.75 Å². The molecule has 1 aromatic heterocycles. The molecule has 0 aliphatic rings. The summed E-state index contributed by atoms with van der Waals surface area (Å²) in [7, 11) is -7.64. The third-order valence-corrected chi connectivity index (χ3v) is 6.57. The summed E-state index contributed by atoms with van der Waals surface area (Å²) >= 11 is 0. The van der Waals surface area contributed by atoms with E-state index in [1.165, 1.54) is 48.8 Å². The number of nitrogens with zero attached hydrogens (tertiary/aromatic N) is 1. The van der Waals surface area contributed by atoms with Gasteiger partial charge in [0.15, 0.2) is 0 Å². The fourth-order valence-corrected chi connectivity index (χ4v) is 4.54. The van der Waals surface area contributed by atoms with Crippen molar-refractivity contribution in [1.29, 1.82) is 0 Å². The van der Waals surface area contributed by atoms with Crippen LogP contribution < -0.4 is 14.2 Å². The van der Waals surface area contributed by atoms with Crippen LogP contribution in [0.15, 0.2) is 82.8 Å². The van der Waals surface area contributed by atoms with E-state index in [0.29, 0.717) is 18.0 Å². The molecule has 2 N–H and O–H groups in total. The van der Waals surface area contributed by atoms with E-state index in [2.05, 4.69) is 14.4 Å². The molecule has 0 saturated heterocycles. The zero-order valence-electron chi connectivity index (χ0n) is 15.4. The summed E-state index contributed by atoms with van der Waals surface area (Å²) in [4.78, 5) is 3.91. The minimum atomic E-state index is -3.82. The maximum absolute atomic E-state index is 12.5. The minimum Gasteiger partial charge on any atom is -0.494 e. The molecule has 3 aromatic rings. The van der Waals surface area contributed by atoms with Gasteiger partial charge in [-0.15, -0.1) is 0 Å². The van der Waals surface area contributed by atoms with Gasteiger partial charge < -0.3 is 4.74 Å². The molecule has 0 aliphatic heterocycles. The van der Waals surface area contributed by atoms with Crippen LogP contribution in [0.4, 0.5) is 11.4 Å². The van der Waals surface area contributed by atoms with Crippen LogP contribution in [0.3, 0.4) is 0 Å². The van der Waals surface area contributed by atoms with Crippen molar-refractivity contribution in [1.82, 2.24) is 4.98 Å². The molecule has 0 bridgehead atoms. The fourth-order valence-electron chi connectivity index (χ4n) is 2.44. The molecule has 2 aromatic carbocycles. The lowest BCUT2D eigenvalue weighted by Crippen LogP contribution is -2.14. The molecule has 3 rings (SSSR count). The highest BCUT2D eigenvalue weighted by atomic mass is 32.2. The first-order valence-electron chi connectivity index (χ1n) is 8.59. The topological polar surface area (TPSA) is 114 Å². The smallest absolute Gasteiger partial charge is 0.261 e. The second-order valence-corrected chi connectivity index (χ2v) is 9.25. The van der Waals surface area contributed by atoms with Gasteiger partial charge in [-0.3, -0.25) is 14.4 Å². The predicted octanol–water partition coefficient (Wildman–Crippen LogP) is 3.08. The average Bonchev–Trinajstić information content (AvgIpc) is 2.69. The Kier molecular flexibility index (Phi) is 6.04. The van der Waals surface area contributed by atoms with Gasteiger partial charge in [-0.05, 0) is 67.6 Å². The van der Waals surface area contributed by atoms with Crippen LogP contribution in [0, 0.1) is 0 Å². The van der Waals surface area contributed by atoms with E-state index in [4.69, 9.17) is 4.74 Å². The van der Waals surface area contributed by atoms with Crippen molar-refractivity contribution in [3.63, 3.8) is 0 Å². The van der Waals surface area contributed by atoms with Crippen LogP contribution >= 0.6 is 0 Å². The summed E-state index contributed by atoms with van der Waals surface area (Å²) in [6.45, 7) is 2.32. The van der Waals surface area contributed by atoms with Crippen molar-refractivity contribution >= 4 is 31.4 Å². The van der Waals surface area contributed by atoms with E-state index in [0.717, 1.165) is 0 Å². The highest BCUT2D eigenvalue weighted by Crippen LogP contribution is 2.21. The normalized spacial score (nSPS) is 11.6. The number of hydrogen-bond acceptors (Lipinski definition) is 6. The van der Waals surface area contributed by atoms with Crippen LogP contribution in [0.2, 0.25) is 0 Å². The lowest BCUT2D eigenvalue weighted by atomic mass is 10.3. The SMILES string of the molecule is CCOc1ccc(S(=O)(=O)Nc2ccc(S(=O)(=O)Nc3cccnc3)cc2)cc1. The molecular formula is C19H19N3O5S2. The molecule has 1 heterocycles. The Balaban J connectivity index is 1.74. The first kappa shape index (κ1) is 20.6. The van der Waals surface area contributed by atoms with Crippen molar-refractivity contribution in [2.75, 3.05) is 16.1 Å². The Morgan fingerprint density at radius 1 is 0.793 bits per heavy atom. The molecule has 0 spiro atoms. The number of pyridine rings is 1. The van der Waals surface area contributed by atoms with Crippen molar-refractivity contribution < 1.29 is 21.6 Å². The molecule has 0 fully saturated rings. The van der Waals surface area contributed by atoms with E-state index < -0.39 is 20.0 Å². The van der Waals surface area contributed by atoms with Crippen LogP contribution in [0.25, 0.3) is 0 Å². The molecule has 29 heavy (non-hydrogen) atoms. The highest BCUT2D eigenvalue weighted by molar-refractivity contribution is 7.93. The third-order valence-electron chi connectivity index (χ3n) is 3.78. The van der Waals surface area contributed by atoms with Crippen LogP contribution in [0.5, 0.6) is 5.75 Å². The molecule has 0 radical (unpaired) electrons. The van der Waals surface area contributed by atoms with Gasteiger partial charge in [0.1, 0.15) is 5.75 Å². The number of sulfonamides is 2. The van der Waals surface area contributed by atoms with Crippen molar-refractivity contribution in [2.24, 2.45) is 0 Å². The molecule has 8 nitrogen and oxygen atoms in total. The lowest BCUT2D eigenvalue weighted by Gasteiger charge is -2.11. The molecular weight excluding hydrogens is 414 g/mol. The Hall–Kier alpha value is -3.11. The van der Waals surface area contributed by atoms with Gasteiger partial charge in [0.2, 0.25) is 0 Å². The second kappa shape index (κ2) is 8.50. The Morgan fingerprint density at radius 3 is 1.86 bits per heavy atom. The molecule has 0 saturated carbocycles. The zero-order chi connectivity index (χ0) is 20.9. The van der Waals surface area contributed by atoms with E-state index in [1.807, 2.05) is 6.92 Å². The predicted molar refractivity (Wildman–Crippen MR) is 110 cm³/mol. The molecule has 10 heteroatoms. The van der Waals surface area contributed by atoms with Gasteiger partial charge in [-0.2, -0.15) is 0 Å². The Morgan fingerprint density at radius 2 is 1.34 bits per heavy atom. The van der Waals surface area contributed by atoms with Crippen LogP contribution in [-0.4, -0.2) is 28.4 Å². The quantitative estimate of drug-likeness (QED) is 0.564. The van der Waals surface area contributed by atoms with Gasteiger partial charge in [0.25, 0.3) is 20.0 Å². The minimum absolute atomic E-state index is 0.00892. The Labute approximate surface area is 169 Å². The number of ether oxygens (including phenoxy) is 1. The zero-order valence-corrected chi connectivity index (χ0v) is 17.1. The molecule has 0 atom stereocenters. The van der Waals surface area contributed by atoms with Crippen molar-refractivity contribution in [3.05, 3.63) is 73.1 Å². The second-order valence-electron chi connectivity index (χ2n) is 5.88. The molecule has 152 valence electrons. The summed E-state index contributed by atoms with van der Waals surface area (Å²) in [6, 6.07) is 14.6. The van der Waals surface area contributed by atoms with Gasteiger partial charge in [0.05, 0.1) is 28.3 Å². The van der Waals surface area contributed by atoms with Crippen LogP contribution in [0.1, 0.15) is 6.92 Å². The summed E-state index contributed by atoms with van der Waals surface area (Å²) in [6.07, 6.45) is 2.92. The summed E-state index contributed by atoms with van der Waals surface area (Å²) in [5.41, 5.74) is 0.562. The monoisotopic (exact) mass is 433 g/mol. The highest BCUT2D eigenvalue weighted by Gasteiger charge is 2.17. The largest absolute Gasteiger partial charge is 0.494 e. The summed E-state index contributed by atoms with van der Waals surface area (Å²) in [5.74, 6) is 0.571. The third kappa shape index (κ3) is 5.24. The summed E-state index contributed by atoms with van der Waals surface area (Å²) < 4.78 is 60.0. The van der Waals surface area contributed by atoms with E-state index in [9.17, 15) is 16.8 Å². The first-order valence-corrected chi connectivity index (χ1v) is 11.6. The van der Waals surface area contributed by atoms with Gasteiger partial charge >= 0.3 is 0 Å². The van der Waals surface area contributed by atoms with E-state index in [1.54, 1.807) is 24.3 Å². The van der Waals surface area contributed by atoms with Crippen molar-refractivity contribution in [2.45, 2.75) is 16.7 Å². The number of rotatable bonds is 8. The molecule has 0 amide bonds. The number of anilines is 2. The maximum atomic E-state index is 12.5. The number of aromatic nitrogens is 1. The standard InChI is InChI=1S/C19H19N3O5S2/c1-2-27-17-7-11-19(12-8-17)28(23,24)21-15-5-9-18(10-6-15)29(25,26)22-16-4-3-13-20-14-16/h3-14,21-22H,2H2,1H3. The average molecular weight is 434 g/mol. The van der Waals surface area contributed by atoms with Gasteiger partial charge in [-0.1, -0.05) is 0 Å².